The number of carbonyl (C=O) groups is 2. The fourth-order valence-corrected chi connectivity index (χ4v) is 1.82. The molecule has 1 aliphatic carbocycles. The number of nitrogens with one attached hydrogen (secondary N) is 2. The third-order valence-corrected chi connectivity index (χ3v) is 3.09. The van der Waals surface area contributed by atoms with Gasteiger partial charge in [0.15, 0.2) is 0 Å². The topological polar surface area (TPSA) is 109 Å². The first-order valence-corrected chi connectivity index (χ1v) is 6.18. The zero-order valence-electron chi connectivity index (χ0n) is 10.7. The van der Waals surface area contributed by atoms with Crippen LogP contribution in [0.2, 0.25) is 0 Å². The van der Waals surface area contributed by atoms with Crippen LogP contribution in [-0.2, 0) is 18.3 Å². The Labute approximate surface area is 110 Å². The van der Waals surface area contributed by atoms with E-state index in [2.05, 4.69) is 20.8 Å². The molecule has 8 heteroatoms. The minimum absolute atomic E-state index is 0.0713. The number of carbonyl (C=O) groups excluding carboxylic acids is 1. The molecule has 1 fully saturated rings. The average molecular weight is 267 g/mol. The fourth-order valence-electron chi connectivity index (χ4n) is 1.82. The van der Waals surface area contributed by atoms with Crippen LogP contribution < -0.4 is 10.6 Å². The summed E-state index contributed by atoms with van der Waals surface area (Å²) in [7, 11) is 1.82. The Bertz CT molecular complexity index is 469. The Morgan fingerprint density at radius 1 is 1.58 bits per heavy atom. The molecule has 19 heavy (non-hydrogen) atoms. The van der Waals surface area contributed by atoms with Crippen molar-refractivity contribution in [1.82, 2.24) is 25.4 Å². The van der Waals surface area contributed by atoms with Crippen molar-refractivity contribution in [2.45, 2.75) is 25.3 Å². The molecule has 2 amide bonds. The van der Waals surface area contributed by atoms with Crippen LogP contribution >= 0.6 is 0 Å². The Morgan fingerprint density at radius 2 is 2.32 bits per heavy atom. The van der Waals surface area contributed by atoms with E-state index < -0.39 is 18.0 Å². The lowest BCUT2D eigenvalue weighted by atomic mass is 10.2. The molecular formula is C11H17N5O3. The number of rotatable bonds is 6. The minimum atomic E-state index is -0.981. The fraction of sp³-hybridized carbons (Fsp3) is 0.636. The number of aryl methyl sites for hydroxylation is 1. The third-order valence-electron chi connectivity index (χ3n) is 3.09. The van der Waals surface area contributed by atoms with Gasteiger partial charge < -0.3 is 20.3 Å². The molecule has 3 N–H and O–H groups in total. The second-order valence-corrected chi connectivity index (χ2v) is 4.66. The lowest BCUT2D eigenvalue weighted by Crippen LogP contribution is -2.47. The number of aliphatic carboxylic acids is 1. The van der Waals surface area contributed by atoms with Crippen molar-refractivity contribution in [3.63, 3.8) is 0 Å². The predicted octanol–water partition coefficient (Wildman–Crippen LogP) is -0.480. The molecular weight excluding hydrogens is 250 g/mol. The Morgan fingerprint density at radius 3 is 2.84 bits per heavy atom. The Balaban J connectivity index is 1.72. The lowest BCUT2D eigenvalue weighted by Gasteiger charge is -2.14. The molecule has 1 aromatic rings. The molecule has 0 aromatic carbocycles. The number of nitrogens with zero attached hydrogens (tertiary/aromatic N) is 3. The van der Waals surface area contributed by atoms with E-state index in [1.54, 1.807) is 10.9 Å². The van der Waals surface area contributed by atoms with Crippen molar-refractivity contribution in [2.75, 3.05) is 6.54 Å². The molecule has 2 rings (SSSR count). The van der Waals surface area contributed by atoms with Crippen LogP contribution in [0, 0.1) is 5.92 Å². The molecule has 0 spiro atoms. The number of hydrogen-bond acceptors (Lipinski definition) is 4. The molecule has 1 unspecified atom stereocenters. The second kappa shape index (κ2) is 5.68. The zero-order chi connectivity index (χ0) is 13.8. The van der Waals surface area contributed by atoms with E-state index in [4.69, 9.17) is 5.11 Å². The van der Waals surface area contributed by atoms with Gasteiger partial charge in [0.05, 0.1) is 0 Å². The van der Waals surface area contributed by atoms with Crippen molar-refractivity contribution in [2.24, 2.45) is 13.0 Å². The highest BCUT2D eigenvalue weighted by molar-refractivity contribution is 5.83. The average Bonchev–Trinajstić information content (AvgIpc) is 3.11. The largest absolute Gasteiger partial charge is 0.480 e. The van der Waals surface area contributed by atoms with Crippen LogP contribution in [0.1, 0.15) is 18.7 Å². The molecule has 1 heterocycles. The van der Waals surface area contributed by atoms with Crippen molar-refractivity contribution < 1.29 is 14.7 Å². The van der Waals surface area contributed by atoms with Gasteiger partial charge in [0.1, 0.15) is 18.2 Å². The third kappa shape index (κ3) is 3.67. The maximum absolute atomic E-state index is 11.6. The lowest BCUT2D eigenvalue weighted by molar-refractivity contribution is -0.139. The summed E-state index contributed by atoms with van der Waals surface area (Å²) >= 11 is 0. The van der Waals surface area contributed by atoms with E-state index in [-0.39, 0.29) is 5.92 Å². The quantitative estimate of drug-likeness (QED) is 0.645. The summed E-state index contributed by atoms with van der Waals surface area (Å²) in [5, 5.41) is 21.7. The summed E-state index contributed by atoms with van der Waals surface area (Å²) in [5.74, 6) is -0.148. The summed E-state index contributed by atoms with van der Waals surface area (Å²) in [6.45, 7) is 0.384. The number of hydrogen-bond donors (Lipinski definition) is 3. The number of carboxylic acid groups (broad SMARTS) is 1. The van der Waals surface area contributed by atoms with E-state index in [1.807, 2.05) is 7.05 Å². The van der Waals surface area contributed by atoms with E-state index in [1.165, 1.54) is 0 Å². The van der Waals surface area contributed by atoms with Crippen LogP contribution in [-0.4, -0.2) is 44.5 Å². The number of amides is 2. The standard InChI is InChI=1S/C11H17N5O3/c1-16-6-13-15-8(16)4-5-12-11(19)14-9(10(17)18)7-2-3-7/h6-7,9H,2-5H2,1H3,(H,17,18)(H2,12,14,19). The van der Waals surface area contributed by atoms with Crippen molar-refractivity contribution >= 4 is 12.0 Å². The number of urea groups is 1. The molecule has 104 valence electrons. The first kappa shape index (κ1) is 13.3. The first-order chi connectivity index (χ1) is 9.08. The van der Waals surface area contributed by atoms with E-state index in [0.29, 0.717) is 13.0 Å². The highest BCUT2D eigenvalue weighted by Gasteiger charge is 2.37. The van der Waals surface area contributed by atoms with Gasteiger partial charge in [-0.25, -0.2) is 9.59 Å². The van der Waals surface area contributed by atoms with Gasteiger partial charge in [-0.05, 0) is 18.8 Å². The molecule has 1 aliphatic rings. The normalized spacial score (nSPS) is 15.8. The van der Waals surface area contributed by atoms with Crippen molar-refractivity contribution in [1.29, 1.82) is 0 Å². The highest BCUT2D eigenvalue weighted by Crippen LogP contribution is 2.32. The number of carboxylic acids is 1. The zero-order valence-corrected chi connectivity index (χ0v) is 10.7. The maximum Gasteiger partial charge on any atom is 0.326 e. The molecule has 0 saturated heterocycles. The molecule has 1 aromatic heterocycles. The molecule has 8 nitrogen and oxygen atoms in total. The molecule has 1 saturated carbocycles. The van der Waals surface area contributed by atoms with Crippen LogP contribution in [0.4, 0.5) is 4.79 Å². The van der Waals surface area contributed by atoms with Gasteiger partial charge in [-0.15, -0.1) is 10.2 Å². The monoisotopic (exact) mass is 267 g/mol. The van der Waals surface area contributed by atoms with Gasteiger partial charge in [0.2, 0.25) is 0 Å². The van der Waals surface area contributed by atoms with Crippen molar-refractivity contribution in [3.05, 3.63) is 12.2 Å². The summed E-state index contributed by atoms with van der Waals surface area (Å²) < 4.78 is 1.77. The van der Waals surface area contributed by atoms with Gasteiger partial charge in [-0.3, -0.25) is 0 Å². The van der Waals surface area contributed by atoms with E-state index in [9.17, 15) is 9.59 Å². The van der Waals surface area contributed by atoms with Crippen LogP contribution in [0.5, 0.6) is 0 Å². The van der Waals surface area contributed by atoms with Gasteiger partial charge in [0, 0.05) is 20.0 Å². The first-order valence-electron chi connectivity index (χ1n) is 6.18. The van der Waals surface area contributed by atoms with Gasteiger partial charge in [0.25, 0.3) is 0 Å². The molecule has 0 radical (unpaired) electrons. The highest BCUT2D eigenvalue weighted by atomic mass is 16.4. The summed E-state index contributed by atoms with van der Waals surface area (Å²) in [5.41, 5.74) is 0. The molecule has 1 atom stereocenters. The van der Waals surface area contributed by atoms with Gasteiger partial charge in [-0.2, -0.15) is 0 Å². The second-order valence-electron chi connectivity index (χ2n) is 4.66. The van der Waals surface area contributed by atoms with Gasteiger partial charge >= 0.3 is 12.0 Å². The van der Waals surface area contributed by atoms with Crippen molar-refractivity contribution in [3.8, 4) is 0 Å². The Hall–Kier alpha value is -2.12. The number of aromatic nitrogens is 3. The minimum Gasteiger partial charge on any atom is -0.480 e. The summed E-state index contributed by atoms with van der Waals surface area (Å²) in [4.78, 5) is 22.5. The van der Waals surface area contributed by atoms with E-state index >= 15 is 0 Å². The summed E-state index contributed by atoms with van der Waals surface area (Å²) in [6.07, 6.45) is 3.85. The van der Waals surface area contributed by atoms with Crippen LogP contribution in [0.25, 0.3) is 0 Å². The molecule has 0 aliphatic heterocycles. The smallest absolute Gasteiger partial charge is 0.326 e. The molecule has 0 bridgehead atoms. The summed E-state index contributed by atoms with van der Waals surface area (Å²) in [6, 6.07) is -1.24. The predicted molar refractivity (Wildman–Crippen MR) is 65.4 cm³/mol. The maximum atomic E-state index is 11.6. The van der Waals surface area contributed by atoms with Crippen LogP contribution in [0.15, 0.2) is 6.33 Å². The Kier molecular flexibility index (Phi) is 3.98. The van der Waals surface area contributed by atoms with Crippen LogP contribution in [0.3, 0.4) is 0 Å². The SMILES string of the molecule is Cn1cnnc1CCNC(=O)NC(C(=O)O)C1CC1. The van der Waals surface area contributed by atoms with E-state index in [0.717, 1.165) is 18.7 Å². The van der Waals surface area contributed by atoms with Gasteiger partial charge in [-0.1, -0.05) is 0 Å².